The van der Waals surface area contributed by atoms with Gasteiger partial charge in [0, 0.05) is 24.2 Å². The molecular formula is C22H23NO3. The monoisotopic (exact) mass is 349 g/mol. The van der Waals surface area contributed by atoms with E-state index < -0.39 is 0 Å². The van der Waals surface area contributed by atoms with Crippen LogP contribution in [0.1, 0.15) is 11.1 Å². The third-order valence-electron chi connectivity index (χ3n) is 4.33. The van der Waals surface area contributed by atoms with E-state index in [9.17, 15) is 4.79 Å². The molecule has 0 aromatic heterocycles. The van der Waals surface area contributed by atoms with Gasteiger partial charge in [-0.1, -0.05) is 24.3 Å². The molecule has 1 aliphatic heterocycles. The number of rotatable bonds is 4. The molecule has 0 atom stereocenters. The molecule has 1 heterocycles. The fourth-order valence-electron chi connectivity index (χ4n) is 3.07. The summed E-state index contributed by atoms with van der Waals surface area (Å²) in [6.07, 6.45) is 3.89. The van der Waals surface area contributed by atoms with E-state index >= 15 is 0 Å². The van der Waals surface area contributed by atoms with Crippen LogP contribution in [0.15, 0.2) is 59.7 Å². The molecule has 0 unspecified atom stereocenters. The van der Waals surface area contributed by atoms with Gasteiger partial charge < -0.3 is 9.47 Å². The highest BCUT2D eigenvalue weighted by molar-refractivity contribution is 6.14. The number of hydrogen-bond acceptors (Lipinski definition) is 4. The number of Topliss-reactive ketones (excluding diaryl/α,β-unsaturated/α-hetero) is 1. The molecular weight excluding hydrogens is 326 g/mol. The van der Waals surface area contributed by atoms with Crippen molar-refractivity contribution in [3.63, 3.8) is 0 Å². The fourth-order valence-corrected chi connectivity index (χ4v) is 3.07. The van der Waals surface area contributed by atoms with E-state index in [2.05, 4.69) is 4.90 Å². The molecule has 4 heteroatoms. The second-order valence-electron chi connectivity index (χ2n) is 6.39. The highest BCUT2D eigenvalue weighted by Crippen LogP contribution is 2.23. The van der Waals surface area contributed by atoms with E-state index in [-0.39, 0.29) is 5.78 Å². The van der Waals surface area contributed by atoms with E-state index in [1.165, 1.54) is 0 Å². The Bertz CT molecular complexity index is 798. The minimum Gasteiger partial charge on any atom is -0.497 e. The van der Waals surface area contributed by atoms with Crippen LogP contribution in [0.25, 0.3) is 12.2 Å². The van der Waals surface area contributed by atoms with E-state index in [0.29, 0.717) is 13.1 Å². The lowest BCUT2D eigenvalue weighted by Crippen LogP contribution is -2.34. The van der Waals surface area contributed by atoms with Crippen LogP contribution in [0, 0.1) is 0 Å². The Labute approximate surface area is 154 Å². The first-order valence-electron chi connectivity index (χ1n) is 8.51. The molecule has 0 bridgehead atoms. The van der Waals surface area contributed by atoms with Crippen molar-refractivity contribution < 1.29 is 14.3 Å². The minimum absolute atomic E-state index is 0.0914. The van der Waals surface area contributed by atoms with Gasteiger partial charge in [-0.3, -0.25) is 9.69 Å². The third kappa shape index (κ3) is 4.21. The Hall–Kier alpha value is -2.85. The summed E-state index contributed by atoms with van der Waals surface area (Å²) in [4.78, 5) is 15.1. The van der Waals surface area contributed by atoms with Gasteiger partial charge in [-0.05, 0) is 54.6 Å². The molecule has 4 nitrogen and oxygen atoms in total. The Morgan fingerprint density at radius 2 is 1.31 bits per heavy atom. The summed E-state index contributed by atoms with van der Waals surface area (Å²) in [7, 11) is 5.30. The number of ether oxygens (including phenoxy) is 2. The summed E-state index contributed by atoms with van der Waals surface area (Å²) in [5, 5.41) is 0. The first-order valence-corrected chi connectivity index (χ1v) is 8.51. The lowest BCUT2D eigenvalue weighted by atomic mass is 9.94. The molecule has 26 heavy (non-hydrogen) atoms. The number of hydrogen-bond donors (Lipinski definition) is 0. The van der Waals surface area contributed by atoms with Crippen LogP contribution in [0.3, 0.4) is 0 Å². The molecule has 0 aliphatic carbocycles. The second kappa shape index (κ2) is 8.02. The van der Waals surface area contributed by atoms with Gasteiger partial charge in [-0.15, -0.1) is 0 Å². The summed E-state index contributed by atoms with van der Waals surface area (Å²) in [5.74, 6) is 1.65. The Kier molecular flexibility index (Phi) is 5.54. The first kappa shape index (κ1) is 18.0. The molecule has 1 aliphatic rings. The van der Waals surface area contributed by atoms with Crippen LogP contribution >= 0.6 is 0 Å². The van der Waals surface area contributed by atoms with Crippen LogP contribution in [-0.2, 0) is 4.79 Å². The zero-order valence-electron chi connectivity index (χ0n) is 15.4. The number of piperidine rings is 1. The van der Waals surface area contributed by atoms with Crippen molar-refractivity contribution in [1.29, 1.82) is 0 Å². The van der Waals surface area contributed by atoms with Crippen LogP contribution in [-0.4, -0.2) is 45.0 Å². The lowest BCUT2D eigenvalue weighted by Gasteiger charge is -2.26. The Morgan fingerprint density at radius 3 is 1.73 bits per heavy atom. The largest absolute Gasteiger partial charge is 0.497 e. The predicted octanol–water partition coefficient (Wildman–Crippen LogP) is 3.69. The maximum Gasteiger partial charge on any atom is 0.187 e. The third-order valence-corrected chi connectivity index (χ3v) is 4.33. The summed E-state index contributed by atoms with van der Waals surface area (Å²) < 4.78 is 10.5. The molecule has 1 fully saturated rings. The fraction of sp³-hybridized carbons (Fsp3) is 0.227. The van der Waals surface area contributed by atoms with Crippen LogP contribution in [0.2, 0.25) is 0 Å². The van der Waals surface area contributed by atoms with Crippen molar-refractivity contribution in [3.05, 3.63) is 70.8 Å². The standard InChI is InChI=1S/C22H23NO3/c1-23-14-18(10-16-6-4-8-20(12-16)25-2)22(24)19(15-23)11-17-7-5-9-21(13-17)26-3/h4-13H,14-15H2,1-3H3/b18-10+,19-11+. The normalized spacial score (nSPS) is 18.3. The minimum atomic E-state index is 0.0914. The van der Waals surface area contributed by atoms with Gasteiger partial charge >= 0.3 is 0 Å². The molecule has 0 saturated carbocycles. The highest BCUT2D eigenvalue weighted by Gasteiger charge is 2.23. The van der Waals surface area contributed by atoms with Gasteiger partial charge in [0.15, 0.2) is 5.78 Å². The summed E-state index contributed by atoms with van der Waals surface area (Å²) >= 11 is 0. The molecule has 0 N–H and O–H groups in total. The molecule has 2 aromatic carbocycles. The number of benzene rings is 2. The van der Waals surface area contributed by atoms with Crippen molar-refractivity contribution in [2.24, 2.45) is 0 Å². The smallest absolute Gasteiger partial charge is 0.187 e. The number of methoxy groups -OCH3 is 2. The van der Waals surface area contributed by atoms with Crippen LogP contribution in [0.4, 0.5) is 0 Å². The van der Waals surface area contributed by atoms with Gasteiger partial charge in [-0.2, -0.15) is 0 Å². The first-order chi connectivity index (χ1) is 12.6. The van der Waals surface area contributed by atoms with Crippen molar-refractivity contribution >= 4 is 17.9 Å². The molecule has 134 valence electrons. The molecule has 1 saturated heterocycles. The predicted molar refractivity (Wildman–Crippen MR) is 104 cm³/mol. The van der Waals surface area contributed by atoms with E-state index in [1.54, 1.807) is 14.2 Å². The number of likely N-dealkylation sites (N-methyl/N-ethyl adjacent to an activating group) is 1. The molecule has 0 radical (unpaired) electrons. The van der Waals surface area contributed by atoms with Crippen molar-refractivity contribution in [3.8, 4) is 11.5 Å². The topological polar surface area (TPSA) is 38.8 Å². The zero-order chi connectivity index (χ0) is 18.5. The van der Waals surface area contributed by atoms with Crippen molar-refractivity contribution in [1.82, 2.24) is 4.90 Å². The van der Waals surface area contributed by atoms with Gasteiger partial charge in [0.05, 0.1) is 14.2 Å². The Morgan fingerprint density at radius 1 is 0.846 bits per heavy atom. The lowest BCUT2D eigenvalue weighted by molar-refractivity contribution is -0.113. The highest BCUT2D eigenvalue weighted by atomic mass is 16.5. The van der Waals surface area contributed by atoms with Gasteiger partial charge in [-0.25, -0.2) is 0 Å². The maximum atomic E-state index is 13.0. The number of carbonyl (C=O) groups is 1. The second-order valence-corrected chi connectivity index (χ2v) is 6.39. The Balaban J connectivity index is 1.92. The average molecular weight is 349 g/mol. The maximum absolute atomic E-state index is 13.0. The SMILES string of the molecule is COc1cccc(/C=C2\CN(C)C/C(=C\c3cccc(OC)c3)C2=O)c1. The van der Waals surface area contributed by atoms with Gasteiger partial charge in [0.2, 0.25) is 0 Å². The van der Waals surface area contributed by atoms with E-state index in [1.807, 2.05) is 67.7 Å². The van der Waals surface area contributed by atoms with E-state index in [0.717, 1.165) is 33.8 Å². The van der Waals surface area contributed by atoms with Crippen molar-refractivity contribution in [2.75, 3.05) is 34.4 Å². The van der Waals surface area contributed by atoms with Crippen LogP contribution in [0.5, 0.6) is 11.5 Å². The molecule has 0 spiro atoms. The van der Waals surface area contributed by atoms with Crippen molar-refractivity contribution in [2.45, 2.75) is 0 Å². The number of nitrogens with zero attached hydrogens (tertiary/aromatic N) is 1. The summed E-state index contributed by atoms with van der Waals surface area (Å²) in [5.41, 5.74) is 3.48. The number of ketones is 1. The summed E-state index contributed by atoms with van der Waals surface area (Å²) in [6, 6.07) is 15.5. The van der Waals surface area contributed by atoms with E-state index in [4.69, 9.17) is 9.47 Å². The molecule has 2 aromatic rings. The van der Waals surface area contributed by atoms with Gasteiger partial charge in [0.1, 0.15) is 11.5 Å². The molecule has 0 amide bonds. The average Bonchev–Trinajstić information content (AvgIpc) is 2.66. The zero-order valence-corrected chi connectivity index (χ0v) is 15.4. The quantitative estimate of drug-likeness (QED) is 0.789. The number of carbonyl (C=O) groups excluding carboxylic acids is 1. The number of likely N-dealkylation sites (tertiary alicyclic amines) is 1. The van der Waals surface area contributed by atoms with Crippen LogP contribution < -0.4 is 9.47 Å². The summed E-state index contributed by atoms with van der Waals surface area (Å²) in [6.45, 7) is 1.26. The molecule has 3 rings (SSSR count). The van der Waals surface area contributed by atoms with Gasteiger partial charge in [0.25, 0.3) is 0 Å².